The molecule has 0 radical (unpaired) electrons. The Morgan fingerprint density at radius 3 is 2.50 bits per heavy atom. The van der Waals surface area contributed by atoms with Crippen LogP contribution in [-0.2, 0) is 23.9 Å². The van der Waals surface area contributed by atoms with Crippen LogP contribution in [0.2, 0.25) is 5.02 Å². The molecule has 6 heteroatoms. The van der Waals surface area contributed by atoms with Crippen LogP contribution in [0, 0.1) is 0 Å². The fourth-order valence-electron chi connectivity index (χ4n) is 4.85. The van der Waals surface area contributed by atoms with E-state index < -0.39 is 11.8 Å². The third-order valence-corrected chi connectivity index (χ3v) is 6.73. The van der Waals surface area contributed by atoms with Crippen LogP contribution in [0.1, 0.15) is 42.0 Å². The third kappa shape index (κ3) is 3.13. The zero-order chi connectivity index (χ0) is 20.2. The van der Waals surface area contributed by atoms with Crippen LogP contribution in [0.4, 0.5) is 17.6 Å². The monoisotopic (exact) mass is 411 g/mol. The van der Waals surface area contributed by atoms with Gasteiger partial charge in [0, 0.05) is 16.5 Å². The largest absolute Gasteiger partial charge is 0.426 e. The minimum atomic E-state index is -4.94. The highest BCUT2D eigenvalue weighted by molar-refractivity contribution is 6.30. The van der Waals surface area contributed by atoms with Crippen molar-refractivity contribution in [3.05, 3.63) is 69.7 Å². The first kappa shape index (κ1) is 19.7. The molecule has 1 aliphatic carbocycles. The molecule has 1 N–H and O–H groups in total. The summed E-state index contributed by atoms with van der Waals surface area (Å²) in [5.41, 5.74) is -0.837. The summed E-state index contributed by atoms with van der Waals surface area (Å²) in [4.78, 5) is 0. The number of rotatable bonds is 3. The Labute approximate surface area is 167 Å². The summed E-state index contributed by atoms with van der Waals surface area (Å²) in [5, 5.41) is 4.23. The second-order valence-electron chi connectivity index (χ2n) is 8.13. The van der Waals surface area contributed by atoms with Gasteiger partial charge in [-0.15, -0.1) is 0 Å². The Morgan fingerprint density at radius 2 is 1.82 bits per heavy atom. The Kier molecular flexibility index (Phi) is 4.74. The Hall–Kier alpha value is -1.59. The molecular formula is C22H22ClF4N. The quantitative estimate of drug-likeness (QED) is 0.622. The number of nitrogens with one attached hydrogen (secondary N) is 1. The van der Waals surface area contributed by atoms with Crippen LogP contribution in [0.15, 0.2) is 42.5 Å². The van der Waals surface area contributed by atoms with Gasteiger partial charge in [0.05, 0.1) is 0 Å². The Bertz CT molecular complexity index is 875. The number of hydrogen-bond acceptors (Lipinski definition) is 1. The number of benzene rings is 2. The van der Waals surface area contributed by atoms with Crippen LogP contribution in [0.3, 0.4) is 0 Å². The van der Waals surface area contributed by atoms with Gasteiger partial charge in [0.15, 0.2) is 0 Å². The smallest absolute Gasteiger partial charge is 0.313 e. The normalized spacial score (nSPS) is 26.4. The lowest BCUT2D eigenvalue weighted by Crippen LogP contribution is -2.46. The maximum Gasteiger partial charge on any atom is 0.426 e. The molecule has 1 fully saturated rings. The van der Waals surface area contributed by atoms with Gasteiger partial charge in [-0.3, -0.25) is 0 Å². The molecular weight excluding hydrogens is 390 g/mol. The van der Waals surface area contributed by atoms with Crippen molar-refractivity contribution in [2.75, 3.05) is 6.54 Å². The van der Waals surface area contributed by atoms with E-state index in [1.165, 1.54) is 12.1 Å². The first-order chi connectivity index (χ1) is 13.1. The SMILES string of the molecule is CC(F)(c1ccc2c(c1)CCC1NCCC21Cc1ccc(Cl)cc1)C(F)(F)F. The van der Waals surface area contributed by atoms with E-state index in [9.17, 15) is 17.6 Å². The van der Waals surface area contributed by atoms with Gasteiger partial charge in [0.2, 0.25) is 5.67 Å². The number of hydrogen-bond donors (Lipinski definition) is 1. The van der Waals surface area contributed by atoms with E-state index in [1.54, 1.807) is 6.07 Å². The fraction of sp³-hybridized carbons (Fsp3) is 0.455. The molecule has 2 aromatic carbocycles. The summed E-state index contributed by atoms with van der Waals surface area (Å²) in [6.45, 7) is 1.46. The van der Waals surface area contributed by atoms with E-state index in [-0.39, 0.29) is 17.0 Å². The number of alkyl halides is 4. The second-order valence-corrected chi connectivity index (χ2v) is 8.56. The van der Waals surface area contributed by atoms with E-state index in [0.29, 0.717) is 18.4 Å². The minimum Gasteiger partial charge on any atom is -0.313 e. The maximum atomic E-state index is 14.5. The summed E-state index contributed by atoms with van der Waals surface area (Å²) < 4.78 is 54.0. The molecule has 1 heterocycles. The number of aryl methyl sites for hydroxylation is 1. The van der Waals surface area contributed by atoms with Crippen molar-refractivity contribution in [1.82, 2.24) is 5.32 Å². The molecule has 4 rings (SSSR count). The molecule has 0 bridgehead atoms. The zero-order valence-corrected chi connectivity index (χ0v) is 16.3. The first-order valence-corrected chi connectivity index (χ1v) is 9.89. The van der Waals surface area contributed by atoms with Gasteiger partial charge in [0.1, 0.15) is 0 Å². The third-order valence-electron chi connectivity index (χ3n) is 6.48. The molecule has 150 valence electrons. The van der Waals surface area contributed by atoms with Crippen molar-refractivity contribution in [1.29, 1.82) is 0 Å². The van der Waals surface area contributed by atoms with Crippen molar-refractivity contribution >= 4 is 11.6 Å². The molecule has 1 saturated heterocycles. The van der Waals surface area contributed by atoms with Crippen molar-refractivity contribution in [3.63, 3.8) is 0 Å². The molecule has 0 spiro atoms. The molecule has 2 aromatic rings. The molecule has 0 saturated carbocycles. The second kappa shape index (κ2) is 6.74. The molecule has 2 aliphatic rings. The summed E-state index contributed by atoms with van der Waals surface area (Å²) in [6, 6.07) is 12.4. The van der Waals surface area contributed by atoms with Crippen molar-refractivity contribution < 1.29 is 17.6 Å². The van der Waals surface area contributed by atoms with Crippen LogP contribution in [0.25, 0.3) is 0 Å². The van der Waals surface area contributed by atoms with Crippen molar-refractivity contribution in [2.45, 2.75) is 55.9 Å². The van der Waals surface area contributed by atoms with Crippen molar-refractivity contribution in [2.24, 2.45) is 0 Å². The Balaban J connectivity index is 1.76. The van der Waals surface area contributed by atoms with Gasteiger partial charge in [-0.1, -0.05) is 41.9 Å². The number of halogens is 5. The van der Waals surface area contributed by atoms with E-state index in [0.717, 1.165) is 42.5 Å². The minimum absolute atomic E-state index is 0.190. The highest BCUT2D eigenvalue weighted by atomic mass is 35.5. The lowest BCUT2D eigenvalue weighted by atomic mass is 9.63. The standard InChI is InChI=1S/C22H22ClF4N/c1-20(24,22(25,26)27)16-5-8-18-15(12-16)4-9-19-21(18,10-11-28-19)13-14-2-6-17(23)7-3-14/h2-3,5-8,12,19,28H,4,9-11,13H2,1H3. The van der Waals surface area contributed by atoms with Gasteiger partial charge in [-0.05, 0) is 73.5 Å². The topological polar surface area (TPSA) is 12.0 Å². The van der Waals surface area contributed by atoms with E-state index in [4.69, 9.17) is 11.6 Å². The average molecular weight is 412 g/mol. The van der Waals surface area contributed by atoms with Gasteiger partial charge < -0.3 is 5.32 Å². The van der Waals surface area contributed by atoms with Gasteiger partial charge in [0.25, 0.3) is 0 Å². The molecule has 0 amide bonds. The maximum absolute atomic E-state index is 14.5. The van der Waals surface area contributed by atoms with Crippen LogP contribution < -0.4 is 5.32 Å². The molecule has 1 aliphatic heterocycles. The summed E-state index contributed by atoms with van der Waals surface area (Å²) >= 11 is 6.00. The lowest BCUT2D eigenvalue weighted by Gasteiger charge is -2.42. The first-order valence-electron chi connectivity index (χ1n) is 9.51. The van der Waals surface area contributed by atoms with E-state index in [1.807, 2.05) is 24.3 Å². The predicted molar refractivity (Wildman–Crippen MR) is 103 cm³/mol. The molecule has 0 aromatic heterocycles. The Morgan fingerprint density at radius 1 is 1.11 bits per heavy atom. The zero-order valence-electron chi connectivity index (χ0n) is 15.5. The molecule has 28 heavy (non-hydrogen) atoms. The predicted octanol–water partition coefficient (Wildman–Crippen LogP) is 5.88. The average Bonchev–Trinajstić information content (AvgIpc) is 3.06. The van der Waals surface area contributed by atoms with Crippen LogP contribution >= 0.6 is 11.6 Å². The molecule has 3 atom stereocenters. The highest BCUT2D eigenvalue weighted by Gasteiger charge is 2.54. The van der Waals surface area contributed by atoms with Gasteiger partial charge in [-0.25, -0.2) is 4.39 Å². The highest BCUT2D eigenvalue weighted by Crippen LogP contribution is 2.48. The van der Waals surface area contributed by atoms with Crippen LogP contribution in [-0.4, -0.2) is 18.8 Å². The van der Waals surface area contributed by atoms with E-state index in [2.05, 4.69) is 5.32 Å². The van der Waals surface area contributed by atoms with Gasteiger partial charge in [-0.2, -0.15) is 13.2 Å². The summed E-state index contributed by atoms with van der Waals surface area (Å²) in [5.74, 6) is 0. The molecule has 3 unspecified atom stereocenters. The fourth-order valence-corrected chi connectivity index (χ4v) is 4.98. The summed E-state index contributed by atoms with van der Waals surface area (Å²) in [7, 11) is 0. The van der Waals surface area contributed by atoms with Crippen LogP contribution in [0.5, 0.6) is 0 Å². The van der Waals surface area contributed by atoms with Gasteiger partial charge >= 0.3 is 6.18 Å². The van der Waals surface area contributed by atoms with E-state index >= 15 is 0 Å². The van der Waals surface area contributed by atoms with Crippen molar-refractivity contribution in [3.8, 4) is 0 Å². The summed E-state index contributed by atoms with van der Waals surface area (Å²) in [6.07, 6.45) is -1.77. The number of fused-ring (bicyclic) bond motifs is 3. The lowest BCUT2D eigenvalue weighted by molar-refractivity contribution is -0.228. The molecule has 1 nitrogen and oxygen atoms in total.